The molecule has 0 aliphatic heterocycles. The Morgan fingerprint density at radius 3 is 2.24 bits per heavy atom. The quantitative estimate of drug-likeness (QED) is 0.551. The molecule has 3 aromatic rings. The van der Waals surface area contributed by atoms with Gasteiger partial charge in [-0.15, -0.1) is 15.7 Å². The van der Waals surface area contributed by atoms with Crippen LogP contribution in [0.4, 0.5) is 0 Å². The van der Waals surface area contributed by atoms with Crippen molar-refractivity contribution in [3.8, 4) is 11.1 Å². The fraction of sp³-hybridized carbons (Fsp3) is 0. The SMILES string of the molecule is NC(=N/C=N/S(=O)(=O)c1ccc(-c2ccccc2)cc1)c1cccs1. The lowest BCUT2D eigenvalue weighted by atomic mass is 10.1. The number of thiophene rings is 1. The molecule has 0 fully saturated rings. The first-order valence-electron chi connectivity index (χ1n) is 7.38. The van der Waals surface area contributed by atoms with Crippen molar-refractivity contribution in [2.75, 3.05) is 0 Å². The van der Waals surface area contributed by atoms with Crippen molar-refractivity contribution >= 4 is 33.5 Å². The van der Waals surface area contributed by atoms with Crippen molar-refractivity contribution in [3.05, 3.63) is 77.0 Å². The molecule has 2 aromatic carbocycles. The minimum atomic E-state index is -3.81. The number of amidine groups is 1. The molecule has 0 aliphatic carbocycles. The van der Waals surface area contributed by atoms with Crippen LogP contribution in [0, 0.1) is 0 Å². The van der Waals surface area contributed by atoms with Gasteiger partial charge in [-0.05, 0) is 34.7 Å². The Labute approximate surface area is 150 Å². The fourth-order valence-corrected chi connectivity index (χ4v) is 3.55. The summed E-state index contributed by atoms with van der Waals surface area (Å²) in [6.07, 6.45) is 0.968. The molecule has 0 unspecified atom stereocenters. The predicted molar refractivity (Wildman–Crippen MR) is 103 cm³/mol. The second kappa shape index (κ2) is 7.42. The number of nitrogens with zero attached hydrogens (tertiary/aromatic N) is 2. The number of nitrogens with two attached hydrogens (primary N) is 1. The second-order valence-corrected chi connectivity index (χ2v) is 7.66. The van der Waals surface area contributed by atoms with Crippen LogP contribution in [0.25, 0.3) is 11.1 Å². The number of sulfonamides is 1. The Hall–Kier alpha value is -2.77. The average molecular weight is 369 g/mol. The Bertz CT molecular complexity index is 992. The predicted octanol–water partition coefficient (Wildman–Crippen LogP) is 3.54. The Kier molecular flexibility index (Phi) is 5.06. The topological polar surface area (TPSA) is 84.9 Å². The first-order valence-corrected chi connectivity index (χ1v) is 9.70. The van der Waals surface area contributed by atoms with E-state index in [-0.39, 0.29) is 10.7 Å². The van der Waals surface area contributed by atoms with Crippen LogP contribution in [-0.4, -0.2) is 20.6 Å². The lowest BCUT2D eigenvalue weighted by Crippen LogP contribution is -2.11. The maximum absolute atomic E-state index is 12.2. The zero-order chi connectivity index (χ0) is 17.7. The zero-order valence-corrected chi connectivity index (χ0v) is 14.7. The largest absolute Gasteiger partial charge is 0.382 e. The van der Waals surface area contributed by atoms with E-state index in [0.29, 0.717) is 0 Å². The maximum atomic E-state index is 12.2. The second-order valence-electron chi connectivity index (χ2n) is 5.08. The third-order valence-corrected chi connectivity index (χ3v) is 5.55. The standard InChI is InChI=1S/C18H15N3O2S2/c19-18(17-7-4-12-24-17)20-13-21-25(22,23)16-10-8-15(9-11-16)14-5-2-1-3-6-14/h1-13H,(H2,19,20,21). The summed E-state index contributed by atoms with van der Waals surface area (Å²) >= 11 is 1.42. The van der Waals surface area contributed by atoms with Crippen molar-refractivity contribution in [2.24, 2.45) is 15.1 Å². The molecule has 3 rings (SSSR count). The lowest BCUT2D eigenvalue weighted by molar-refractivity contribution is 0.598. The summed E-state index contributed by atoms with van der Waals surface area (Å²) in [5.41, 5.74) is 7.72. The van der Waals surface area contributed by atoms with Crippen LogP contribution in [0.2, 0.25) is 0 Å². The maximum Gasteiger partial charge on any atom is 0.283 e. The molecule has 7 heteroatoms. The van der Waals surface area contributed by atoms with Gasteiger partial charge in [0.2, 0.25) is 0 Å². The number of hydrogen-bond donors (Lipinski definition) is 1. The number of hydrogen-bond acceptors (Lipinski definition) is 3. The molecule has 0 saturated heterocycles. The van der Waals surface area contributed by atoms with Gasteiger partial charge in [0.15, 0.2) is 0 Å². The molecular weight excluding hydrogens is 354 g/mol. The van der Waals surface area contributed by atoms with Crippen molar-refractivity contribution in [1.82, 2.24) is 0 Å². The monoisotopic (exact) mass is 369 g/mol. The molecular formula is C18H15N3O2S2. The van der Waals surface area contributed by atoms with Crippen LogP contribution in [0.3, 0.4) is 0 Å². The fourth-order valence-electron chi connectivity index (χ4n) is 2.15. The Morgan fingerprint density at radius 2 is 1.60 bits per heavy atom. The minimum absolute atomic E-state index is 0.105. The van der Waals surface area contributed by atoms with Crippen LogP contribution in [0.15, 0.2) is 86.4 Å². The highest BCUT2D eigenvalue weighted by Gasteiger charge is 2.11. The summed E-state index contributed by atoms with van der Waals surface area (Å²) in [6, 6.07) is 19.9. The number of aliphatic imine (C=N–C) groups is 1. The first-order chi connectivity index (χ1) is 12.1. The van der Waals surface area contributed by atoms with Crippen molar-refractivity contribution in [3.63, 3.8) is 0 Å². The van der Waals surface area contributed by atoms with Gasteiger partial charge in [0.1, 0.15) is 12.2 Å². The van der Waals surface area contributed by atoms with E-state index in [2.05, 4.69) is 9.39 Å². The van der Waals surface area contributed by atoms with E-state index >= 15 is 0 Å². The summed E-state index contributed by atoms with van der Waals surface area (Å²) in [5.74, 6) is 0.230. The van der Waals surface area contributed by atoms with Crippen LogP contribution in [-0.2, 0) is 10.0 Å². The van der Waals surface area contributed by atoms with Gasteiger partial charge in [-0.1, -0.05) is 48.5 Å². The van der Waals surface area contributed by atoms with Gasteiger partial charge in [-0.3, -0.25) is 0 Å². The summed E-state index contributed by atoms with van der Waals surface area (Å²) in [4.78, 5) is 4.74. The lowest BCUT2D eigenvalue weighted by Gasteiger charge is -2.03. The molecule has 0 radical (unpaired) electrons. The molecule has 0 bridgehead atoms. The molecule has 1 heterocycles. The van der Waals surface area contributed by atoms with Crippen LogP contribution in [0.5, 0.6) is 0 Å². The molecule has 0 aliphatic rings. The third kappa shape index (κ3) is 4.20. The zero-order valence-electron chi connectivity index (χ0n) is 13.1. The van der Waals surface area contributed by atoms with Gasteiger partial charge in [-0.2, -0.15) is 8.42 Å². The third-order valence-electron chi connectivity index (χ3n) is 3.42. The molecule has 126 valence electrons. The smallest absolute Gasteiger partial charge is 0.283 e. The van der Waals surface area contributed by atoms with Gasteiger partial charge in [0, 0.05) is 0 Å². The molecule has 25 heavy (non-hydrogen) atoms. The summed E-state index contributed by atoms with van der Waals surface area (Å²) in [6.45, 7) is 0. The van der Waals surface area contributed by atoms with Crippen LogP contribution >= 0.6 is 11.3 Å². The highest BCUT2D eigenvalue weighted by molar-refractivity contribution is 7.90. The van der Waals surface area contributed by atoms with Gasteiger partial charge in [0.25, 0.3) is 10.0 Å². The first kappa shape index (κ1) is 17.1. The van der Waals surface area contributed by atoms with Crippen molar-refractivity contribution in [2.45, 2.75) is 4.90 Å². The van der Waals surface area contributed by atoms with Gasteiger partial charge >= 0.3 is 0 Å². The molecule has 1 aromatic heterocycles. The number of benzene rings is 2. The molecule has 0 amide bonds. The molecule has 0 saturated carbocycles. The molecule has 0 atom stereocenters. The summed E-state index contributed by atoms with van der Waals surface area (Å²) in [5, 5.41) is 1.86. The van der Waals surface area contributed by atoms with Crippen molar-refractivity contribution < 1.29 is 8.42 Å². The molecule has 5 nitrogen and oxygen atoms in total. The van der Waals surface area contributed by atoms with E-state index < -0.39 is 10.0 Å². The van der Waals surface area contributed by atoms with Gasteiger partial charge < -0.3 is 5.73 Å². The van der Waals surface area contributed by atoms with Crippen molar-refractivity contribution in [1.29, 1.82) is 0 Å². The average Bonchev–Trinajstić information content (AvgIpc) is 3.17. The van der Waals surface area contributed by atoms with Crippen LogP contribution < -0.4 is 5.73 Å². The summed E-state index contributed by atoms with van der Waals surface area (Å²) < 4.78 is 28.0. The van der Waals surface area contributed by atoms with Gasteiger partial charge in [-0.25, -0.2) is 4.99 Å². The normalized spacial score (nSPS) is 12.6. The molecule has 2 N–H and O–H groups in total. The minimum Gasteiger partial charge on any atom is -0.382 e. The van der Waals surface area contributed by atoms with Crippen LogP contribution in [0.1, 0.15) is 4.88 Å². The number of rotatable bonds is 5. The van der Waals surface area contributed by atoms with Gasteiger partial charge in [0.05, 0.1) is 9.77 Å². The summed E-state index contributed by atoms with van der Waals surface area (Å²) in [7, 11) is -3.81. The Morgan fingerprint density at radius 1 is 0.920 bits per heavy atom. The van der Waals surface area contributed by atoms with E-state index in [1.54, 1.807) is 18.2 Å². The Balaban J connectivity index is 1.78. The van der Waals surface area contributed by atoms with E-state index in [0.717, 1.165) is 22.3 Å². The highest BCUT2D eigenvalue weighted by atomic mass is 32.2. The molecule has 0 spiro atoms. The van der Waals surface area contributed by atoms with E-state index in [1.165, 1.54) is 23.5 Å². The highest BCUT2D eigenvalue weighted by Crippen LogP contribution is 2.21. The van der Waals surface area contributed by atoms with E-state index in [9.17, 15) is 8.42 Å². The van der Waals surface area contributed by atoms with E-state index in [1.807, 2.05) is 41.8 Å². The van der Waals surface area contributed by atoms with E-state index in [4.69, 9.17) is 5.73 Å².